The summed E-state index contributed by atoms with van der Waals surface area (Å²) in [5, 5.41) is 11.9. The molecular formula is C13H9BrFNO4S. The Morgan fingerprint density at radius 2 is 1.86 bits per heavy atom. The second kappa shape index (κ2) is 5.82. The average Bonchev–Trinajstić information content (AvgIpc) is 2.41. The summed E-state index contributed by atoms with van der Waals surface area (Å²) >= 11 is 3.15. The number of halogens is 2. The van der Waals surface area contributed by atoms with Crippen molar-refractivity contribution in [2.45, 2.75) is 4.90 Å². The Balaban J connectivity index is 2.39. The number of aromatic hydroxyl groups is 1. The second-order valence-electron chi connectivity index (χ2n) is 4.05. The van der Waals surface area contributed by atoms with Gasteiger partial charge in [-0.1, -0.05) is 28.1 Å². The Labute approximate surface area is 128 Å². The number of para-hydroxylation sites is 1. The molecule has 0 saturated heterocycles. The van der Waals surface area contributed by atoms with E-state index in [1.54, 1.807) is 0 Å². The van der Waals surface area contributed by atoms with Gasteiger partial charge >= 0.3 is 10.2 Å². The lowest BCUT2D eigenvalue weighted by molar-refractivity contribution is 0.102. The molecular weight excluding hydrogens is 365 g/mol. The molecule has 0 aliphatic rings. The molecule has 0 spiro atoms. The zero-order valence-electron chi connectivity index (χ0n) is 10.4. The van der Waals surface area contributed by atoms with Crippen molar-refractivity contribution in [3.63, 3.8) is 0 Å². The summed E-state index contributed by atoms with van der Waals surface area (Å²) in [6.07, 6.45) is 0. The zero-order valence-corrected chi connectivity index (χ0v) is 12.8. The van der Waals surface area contributed by atoms with Gasteiger partial charge in [-0.15, -0.1) is 3.89 Å². The number of benzene rings is 2. The minimum absolute atomic E-state index is 0.0737. The number of amides is 1. The molecule has 0 aromatic heterocycles. The fourth-order valence-corrected chi connectivity index (χ4v) is 2.65. The van der Waals surface area contributed by atoms with Gasteiger partial charge in [0.2, 0.25) is 0 Å². The van der Waals surface area contributed by atoms with E-state index in [-0.39, 0.29) is 17.0 Å². The topological polar surface area (TPSA) is 83.5 Å². The summed E-state index contributed by atoms with van der Waals surface area (Å²) in [4.78, 5) is 11.4. The second-order valence-corrected chi connectivity index (χ2v) is 6.28. The van der Waals surface area contributed by atoms with E-state index < -0.39 is 21.0 Å². The largest absolute Gasteiger partial charge is 0.507 e. The van der Waals surface area contributed by atoms with E-state index in [9.17, 15) is 22.2 Å². The summed E-state index contributed by atoms with van der Waals surface area (Å²) in [5.74, 6) is -1.04. The van der Waals surface area contributed by atoms with Gasteiger partial charge in [0.1, 0.15) is 10.6 Å². The lowest BCUT2D eigenvalue weighted by Gasteiger charge is -2.09. The highest BCUT2D eigenvalue weighted by Gasteiger charge is 2.19. The molecule has 2 N–H and O–H groups in total. The third-order valence-corrected chi connectivity index (χ3v) is 3.98. The van der Waals surface area contributed by atoms with E-state index in [2.05, 4.69) is 21.2 Å². The van der Waals surface area contributed by atoms with Gasteiger partial charge < -0.3 is 10.4 Å². The van der Waals surface area contributed by atoms with Gasteiger partial charge in [0.25, 0.3) is 5.91 Å². The van der Waals surface area contributed by atoms with Crippen LogP contribution in [0.5, 0.6) is 5.75 Å². The van der Waals surface area contributed by atoms with Crippen molar-refractivity contribution < 1.29 is 22.2 Å². The Hall–Kier alpha value is -1.93. The highest BCUT2D eigenvalue weighted by atomic mass is 79.9. The van der Waals surface area contributed by atoms with Gasteiger partial charge in [0, 0.05) is 4.47 Å². The van der Waals surface area contributed by atoms with Gasteiger partial charge in [-0.2, -0.15) is 8.42 Å². The summed E-state index contributed by atoms with van der Waals surface area (Å²) in [6.45, 7) is 0. The van der Waals surface area contributed by atoms with Crippen molar-refractivity contribution in [1.29, 1.82) is 0 Å². The Bertz CT molecular complexity index is 808. The van der Waals surface area contributed by atoms with E-state index >= 15 is 0 Å². The number of rotatable bonds is 3. The number of hydrogen-bond donors (Lipinski definition) is 2. The van der Waals surface area contributed by atoms with Crippen LogP contribution in [-0.4, -0.2) is 19.4 Å². The monoisotopic (exact) mass is 373 g/mol. The maximum absolute atomic E-state index is 13.1. The predicted molar refractivity (Wildman–Crippen MR) is 78.5 cm³/mol. The van der Waals surface area contributed by atoms with Gasteiger partial charge in [-0.25, -0.2) is 0 Å². The zero-order chi connectivity index (χ0) is 15.6. The van der Waals surface area contributed by atoms with E-state index in [1.807, 2.05) is 0 Å². The van der Waals surface area contributed by atoms with Gasteiger partial charge in [0.15, 0.2) is 0 Å². The summed E-state index contributed by atoms with van der Waals surface area (Å²) in [7, 11) is -4.97. The smallest absolute Gasteiger partial charge is 0.334 e. The Kier molecular flexibility index (Phi) is 4.29. The normalized spacial score (nSPS) is 11.1. The quantitative estimate of drug-likeness (QED) is 0.809. The average molecular weight is 374 g/mol. The van der Waals surface area contributed by atoms with Crippen LogP contribution in [0.3, 0.4) is 0 Å². The minimum Gasteiger partial charge on any atom is -0.507 e. The van der Waals surface area contributed by atoms with Crippen molar-refractivity contribution in [2.24, 2.45) is 0 Å². The van der Waals surface area contributed by atoms with Crippen LogP contribution < -0.4 is 5.32 Å². The molecule has 0 unspecified atom stereocenters. The fourth-order valence-electron chi connectivity index (χ4n) is 1.66. The van der Waals surface area contributed by atoms with Gasteiger partial charge in [-0.3, -0.25) is 4.79 Å². The van der Waals surface area contributed by atoms with E-state index in [4.69, 9.17) is 0 Å². The minimum atomic E-state index is -4.97. The summed E-state index contributed by atoms with van der Waals surface area (Å²) in [5.41, 5.74) is -0.278. The number of phenolic OH excluding ortho intramolecular Hbond substituents is 1. The fraction of sp³-hybridized carbons (Fsp3) is 0. The van der Waals surface area contributed by atoms with Crippen LogP contribution in [0.25, 0.3) is 0 Å². The SMILES string of the molecule is O=C(Nc1ccccc1S(=O)(=O)F)c1cc(Br)ccc1O. The van der Waals surface area contributed by atoms with E-state index in [0.717, 1.165) is 6.07 Å². The molecule has 0 heterocycles. The molecule has 0 radical (unpaired) electrons. The maximum atomic E-state index is 13.1. The Morgan fingerprint density at radius 3 is 2.52 bits per heavy atom. The number of nitrogens with one attached hydrogen (secondary N) is 1. The van der Waals surface area contributed by atoms with Crippen LogP contribution in [0.1, 0.15) is 10.4 Å². The first-order chi connectivity index (χ1) is 9.79. The standard InChI is InChI=1S/C13H9BrFNO4S/c14-8-5-6-11(17)9(7-8)13(18)16-10-3-1-2-4-12(10)21(15,19)20/h1-7,17H,(H,16,18). The molecule has 8 heteroatoms. The van der Waals surface area contributed by atoms with Crippen LogP contribution in [0.2, 0.25) is 0 Å². The summed E-state index contributed by atoms with van der Waals surface area (Å²) < 4.78 is 35.7. The van der Waals surface area contributed by atoms with Crippen molar-refractivity contribution >= 4 is 37.7 Å². The highest BCUT2D eigenvalue weighted by molar-refractivity contribution is 9.10. The first-order valence-corrected chi connectivity index (χ1v) is 7.80. The number of hydrogen-bond acceptors (Lipinski definition) is 4. The van der Waals surface area contributed by atoms with Crippen molar-refractivity contribution in [3.05, 3.63) is 52.5 Å². The molecule has 2 rings (SSSR count). The first kappa shape index (κ1) is 15.5. The van der Waals surface area contributed by atoms with Crippen molar-refractivity contribution in [2.75, 3.05) is 5.32 Å². The predicted octanol–water partition coefficient (Wildman–Crippen LogP) is 3.07. The molecule has 0 fully saturated rings. The molecule has 2 aromatic rings. The van der Waals surface area contributed by atoms with Gasteiger partial charge in [0.05, 0.1) is 11.3 Å². The molecule has 5 nitrogen and oxygen atoms in total. The van der Waals surface area contributed by atoms with Crippen LogP contribution in [-0.2, 0) is 10.2 Å². The highest BCUT2D eigenvalue weighted by Crippen LogP contribution is 2.26. The maximum Gasteiger partial charge on any atom is 0.334 e. The van der Waals surface area contributed by atoms with Crippen LogP contribution >= 0.6 is 15.9 Å². The Morgan fingerprint density at radius 1 is 1.19 bits per heavy atom. The molecule has 2 aromatic carbocycles. The molecule has 1 amide bonds. The first-order valence-electron chi connectivity index (χ1n) is 5.62. The number of carbonyl (C=O) groups is 1. The molecule has 0 atom stereocenters. The van der Waals surface area contributed by atoms with Crippen molar-refractivity contribution in [1.82, 2.24) is 0 Å². The van der Waals surface area contributed by atoms with E-state index in [0.29, 0.717) is 4.47 Å². The molecule has 21 heavy (non-hydrogen) atoms. The van der Waals surface area contributed by atoms with Crippen LogP contribution in [0, 0.1) is 0 Å². The number of anilines is 1. The molecule has 0 bridgehead atoms. The van der Waals surface area contributed by atoms with Gasteiger partial charge in [-0.05, 0) is 30.3 Å². The molecule has 0 aliphatic heterocycles. The lowest BCUT2D eigenvalue weighted by Crippen LogP contribution is -2.14. The summed E-state index contributed by atoms with van der Waals surface area (Å²) in [6, 6.07) is 9.26. The lowest BCUT2D eigenvalue weighted by atomic mass is 10.2. The third-order valence-electron chi connectivity index (χ3n) is 2.60. The van der Waals surface area contributed by atoms with E-state index in [1.165, 1.54) is 36.4 Å². The van der Waals surface area contributed by atoms with Crippen LogP contribution in [0.4, 0.5) is 9.57 Å². The third kappa shape index (κ3) is 3.59. The van der Waals surface area contributed by atoms with Crippen molar-refractivity contribution in [3.8, 4) is 5.75 Å². The number of phenols is 1. The molecule has 0 aliphatic carbocycles. The molecule has 110 valence electrons. The van der Waals surface area contributed by atoms with Crippen LogP contribution in [0.15, 0.2) is 51.8 Å². The number of carbonyl (C=O) groups excluding carboxylic acids is 1. The molecule has 0 saturated carbocycles.